The average molecular weight is 272 g/mol. The molecule has 20 heavy (non-hydrogen) atoms. The molecule has 1 aromatic carbocycles. The number of anilines is 1. The van der Waals surface area contributed by atoms with E-state index in [0.717, 1.165) is 36.8 Å². The number of amides is 1. The molecule has 1 fully saturated rings. The highest BCUT2D eigenvalue weighted by atomic mass is 16.2. The number of aromatic nitrogens is 2. The van der Waals surface area contributed by atoms with Gasteiger partial charge < -0.3 is 10.3 Å². The zero-order valence-electron chi connectivity index (χ0n) is 11.6. The molecular weight excluding hydrogens is 252 g/mol. The smallest absolute Gasteiger partial charge is 0.243 e. The van der Waals surface area contributed by atoms with Crippen LogP contribution in [0.15, 0.2) is 24.3 Å². The number of aromatic amines is 1. The van der Waals surface area contributed by atoms with Crippen LogP contribution in [0.1, 0.15) is 26.2 Å². The first-order chi connectivity index (χ1) is 9.76. The molecule has 1 aliphatic rings. The van der Waals surface area contributed by atoms with E-state index in [4.69, 9.17) is 0 Å². The number of hydrogen-bond donors (Lipinski definition) is 3. The van der Waals surface area contributed by atoms with Crippen LogP contribution in [0, 0.1) is 5.92 Å². The first-order valence-corrected chi connectivity index (χ1v) is 7.25. The maximum absolute atomic E-state index is 12.3. The molecule has 0 radical (unpaired) electrons. The molecule has 2 unspecified atom stereocenters. The van der Waals surface area contributed by atoms with E-state index in [1.807, 2.05) is 24.3 Å². The number of nitrogens with zero attached hydrogens (tertiary/aromatic N) is 1. The topological polar surface area (TPSA) is 69.8 Å². The molecule has 0 aliphatic carbocycles. The molecule has 0 spiro atoms. The van der Waals surface area contributed by atoms with Crippen LogP contribution in [0.4, 0.5) is 5.95 Å². The van der Waals surface area contributed by atoms with E-state index < -0.39 is 0 Å². The first-order valence-electron chi connectivity index (χ1n) is 7.25. The monoisotopic (exact) mass is 272 g/mol. The van der Waals surface area contributed by atoms with Crippen molar-refractivity contribution in [1.82, 2.24) is 15.3 Å². The van der Waals surface area contributed by atoms with Gasteiger partial charge in [0.2, 0.25) is 11.9 Å². The lowest BCUT2D eigenvalue weighted by Gasteiger charge is -2.28. The van der Waals surface area contributed by atoms with Gasteiger partial charge >= 0.3 is 0 Å². The van der Waals surface area contributed by atoms with Gasteiger partial charge in [-0.1, -0.05) is 25.5 Å². The highest BCUT2D eigenvalue weighted by Crippen LogP contribution is 2.20. The highest BCUT2D eigenvalue weighted by molar-refractivity contribution is 5.94. The zero-order chi connectivity index (χ0) is 13.9. The maximum atomic E-state index is 12.3. The van der Waals surface area contributed by atoms with Crippen molar-refractivity contribution in [2.75, 3.05) is 11.9 Å². The number of rotatable bonds is 3. The summed E-state index contributed by atoms with van der Waals surface area (Å²) >= 11 is 0. The first kappa shape index (κ1) is 13.1. The van der Waals surface area contributed by atoms with E-state index in [2.05, 4.69) is 27.5 Å². The summed E-state index contributed by atoms with van der Waals surface area (Å²) in [4.78, 5) is 19.8. The van der Waals surface area contributed by atoms with Gasteiger partial charge in [-0.05, 0) is 37.4 Å². The molecule has 3 rings (SSSR count). The Morgan fingerprint density at radius 2 is 2.30 bits per heavy atom. The van der Waals surface area contributed by atoms with Crippen LogP contribution in [0.2, 0.25) is 0 Å². The minimum atomic E-state index is -0.109. The lowest BCUT2D eigenvalue weighted by Crippen LogP contribution is -2.46. The van der Waals surface area contributed by atoms with Gasteiger partial charge in [-0.2, -0.15) is 0 Å². The van der Waals surface area contributed by atoms with Crippen LogP contribution in [-0.4, -0.2) is 28.5 Å². The number of imidazole rings is 1. The van der Waals surface area contributed by atoms with Crippen molar-refractivity contribution >= 4 is 22.9 Å². The van der Waals surface area contributed by atoms with Crippen LogP contribution < -0.4 is 10.6 Å². The third-order valence-corrected chi connectivity index (χ3v) is 4.04. The predicted octanol–water partition coefficient (Wildman–Crippen LogP) is 2.28. The van der Waals surface area contributed by atoms with E-state index in [-0.39, 0.29) is 11.9 Å². The maximum Gasteiger partial charge on any atom is 0.243 e. The zero-order valence-corrected chi connectivity index (χ0v) is 11.6. The third-order valence-electron chi connectivity index (χ3n) is 4.04. The molecule has 2 aromatic rings. The molecular formula is C15H20N4O. The third kappa shape index (κ3) is 2.67. The van der Waals surface area contributed by atoms with Gasteiger partial charge in [0.25, 0.3) is 0 Å². The van der Waals surface area contributed by atoms with E-state index in [1.165, 1.54) is 0 Å². The molecule has 2 atom stereocenters. The molecule has 5 nitrogen and oxygen atoms in total. The summed E-state index contributed by atoms with van der Waals surface area (Å²) in [5.41, 5.74) is 1.80. The molecule has 2 heterocycles. The highest BCUT2D eigenvalue weighted by Gasteiger charge is 2.26. The van der Waals surface area contributed by atoms with E-state index in [9.17, 15) is 4.79 Å². The quantitative estimate of drug-likeness (QED) is 0.803. The lowest BCUT2D eigenvalue weighted by atomic mass is 9.90. The average Bonchev–Trinajstić information content (AvgIpc) is 2.89. The Balaban J connectivity index is 1.68. The van der Waals surface area contributed by atoms with Crippen molar-refractivity contribution in [1.29, 1.82) is 0 Å². The van der Waals surface area contributed by atoms with Crippen molar-refractivity contribution in [3.05, 3.63) is 24.3 Å². The number of hydrogen-bond acceptors (Lipinski definition) is 3. The Labute approximate surface area is 118 Å². The van der Waals surface area contributed by atoms with Gasteiger partial charge in [0.1, 0.15) is 0 Å². The van der Waals surface area contributed by atoms with E-state index >= 15 is 0 Å². The normalized spacial score (nSPS) is 22.9. The second kappa shape index (κ2) is 5.63. The number of para-hydroxylation sites is 2. The minimum absolute atomic E-state index is 0.00204. The molecule has 1 amide bonds. The molecule has 1 saturated heterocycles. The second-order valence-electron chi connectivity index (χ2n) is 5.40. The standard InChI is InChI=1S/C15H20N4O/c1-2-10-7-8-16-13(9-10)14(20)19-15-17-11-5-3-4-6-12(11)18-15/h3-6,10,13,16H,2,7-9H2,1H3,(H2,17,18,19,20). The van der Waals surface area contributed by atoms with Crippen molar-refractivity contribution < 1.29 is 4.79 Å². The van der Waals surface area contributed by atoms with Gasteiger partial charge in [0.05, 0.1) is 17.1 Å². The fourth-order valence-corrected chi connectivity index (χ4v) is 2.78. The number of fused-ring (bicyclic) bond motifs is 1. The summed E-state index contributed by atoms with van der Waals surface area (Å²) < 4.78 is 0. The fourth-order valence-electron chi connectivity index (χ4n) is 2.78. The molecule has 0 saturated carbocycles. The van der Waals surface area contributed by atoms with Crippen LogP contribution in [0.5, 0.6) is 0 Å². The summed E-state index contributed by atoms with van der Waals surface area (Å²) in [7, 11) is 0. The van der Waals surface area contributed by atoms with Crippen molar-refractivity contribution in [2.45, 2.75) is 32.2 Å². The molecule has 0 bridgehead atoms. The van der Waals surface area contributed by atoms with Crippen LogP contribution >= 0.6 is 0 Å². The summed E-state index contributed by atoms with van der Waals surface area (Å²) in [6, 6.07) is 7.64. The molecule has 3 N–H and O–H groups in total. The van der Waals surface area contributed by atoms with Gasteiger partial charge in [0.15, 0.2) is 0 Å². The van der Waals surface area contributed by atoms with E-state index in [1.54, 1.807) is 0 Å². The van der Waals surface area contributed by atoms with Crippen molar-refractivity contribution in [3.63, 3.8) is 0 Å². The minimum Gasteiger partial charge on any atom is -0.324 e. The Morgan fingerprint density at radius 3 is 3.10 bits per heavy atom. The number of piperidine rings is 1. The van der Waals surface area contributed by atoms with E-state index in [0.29, 0.717) is 11.9 Å². The summed E-state index contributed by atoms with van der Waals surface area (Å²) in [6.07, 6.45) is 3.20. The lowest BCUT2D eigenvalue weighted by molar-refractivity contribution is -0.119. The summed E-state index contributed by atoms with van der Waals surface area (Å²) in [5.74, 6) is 1.17. The van der Waals surface area contributed by atoms with Crippen molar-refractivity contribution in [3.8, 4) is 0 Å². The molecule has 1 aliphatic heterocycles. The van der Waals surface area contributed by atoms with Crippen LogP contribution in [0.3, 0.4) is 0 Å². The Morgan fingerprint density at radius 1 is 1.45 bits per heavy atom. The van der Waals surface area contributed by atoms with Crippen LogP contribution in [0.25, 0.3) is 11.0 Å². The summed E-state index contributed by atoms with van der Waals surface area (Å²) in [5, 5.41) is 6.16. The van der Waals surface area contributed by atoms with Gasteiger partial charge in [-0.15, -0.1) is 0 Å². The molecule has 106 valence electrons. The predicted molar refractivity (Wildman–Crippen MR) is 79.5 cm³/mol. The summed E-state index contributed by atoms with van der Waals surface area (Å²) in [6.45, 7) is 3.10. The van der Waals surface area contributed by atoms with Gasteiger partial charge in [-0.25, -0.2) is 4.98 Å². The van der Waals surface area contributed by atoms with Crippen molar-refractivity contribution in [2.24, 2.45) is 5.92 Å². The van der Waals surface area contributed by atoms with Gasteiger partial charge in [0, 0.05) is 0 Å². The Hall–Kier alpha value is -1.88. The SMILES string of the molecule is CCC1CCNC(C(=O)Nc2nc3ccccc3[nH]2)C1. The number of benzene rings is 1. The largest absolute Gasteiger partial charge is 0.324 e. The number of carbonyl (C=O) groups is 1. The number of H-pyrrole nitrogens is 1. The van der Waals surface area contributed by atoms with Gasteiger partial charge in [-0.3, -0.25) is 10.1 Å². The second-order valence-corrected chi connectivity index (χ2v) is 5.40. The Kier molecular flexibility index (Phi) is 3.69. The fraction of sp³-hybridized carbons (Fsp3) is 0.467. The molecule has 1 aromatic heterocycles. The number of nitrogens with one attached hydrogen (secondary N) is 3. The Bertz CT molecular complexity index is 574. The van der Waals surface area contributed by atoms with Crippen LogP contribution in [-0.2, 0) is 4.79 Å². The number of carbonyl (C=O) groups excluding carboxylic acids is 1. The molecule has 5 heteroatoms.